The molecule has 10 nitrogen and oxygen atoms in total. The first-order valence-corrected chi connectivity index (χ1v) is 9.26. The lowest BCUT2D eigenvalue weighted by atomic mass is 10.1. The lowest BCUT2D eigenvalue weighted by Crippen LogP contribution is -2.32. The molecule has 1 N–H and O–H groups in total. The van der Waals surface area contributed by atoms with Crippen LogP contribution in [0, 0.1) is 37.8 Å². The van der Waals surface area contributed by atoms with Gasteiger partial charge in [0.15, 0.2) is 0 Å². The highest BCUT2D eigenvalue weighted by Gasteiger charge is 2.28. The van der Waals surface area contributed by atoms with E-state index in [9.17, 15) is 10.1 Å². The second-order valence-corrected chi connectivity index (χ2v) is 6.69. The van der Waals surface area contributed by atoms with Gasteiger partial charge in [-0.15, -0.1) is 0 Å². The number of hydrogen-bond acceptors (Lipinski definition) is 9. The van der Waals surface area contributed by atoms with Crippen molar-refractivity contribution in [1.29, 1.82) is 0 Å². The fourth-order valence-electron chi connectivity index (χ4n) is 3.09. The Bertz CT molecular complexity index is 843. The molecule has 0 spiro atoms. The Morgan fingerprint density at radius 1 is 1.07 bits per heavy atom. The molecule has 0 aliphatic carbocycles. The van der Waals surface area contributed by atoms with Crippen LogP contribution in [0.3, 0.4) is 0 Å². The van der Waals surface area contributed by atoms with Crippen LogP contribution >= 0.6 is 0 Å². The number of nitrogens with zero attached hydrogens (tertiary/aromatic N) is 5. The molecule has 0 fully saturated rings. The van der Waals surface area contributed by atoms with Crippen LogP contribution in [0.15, 0.2) is 6.07 Å². The molecule has 2 rings (SSSR count). The van der Waals surface area contributed by atoms with Gasteiger partial charge in [-0.3, -0.25) is 15.1 Å². The molecule has 29 heavy (non-hydrogen) atoms. The van der Waals surface area contributed by atoms with Crippen molar-refractivity contribution in [1.82, 2.24) is 15.0 Å². The number of aromatic nitrogens is 3. The summed E-state index contributed by atoms with van der Waals surface area (Å²) in [7, 11) is 3.16. The van der Waals surface area contributed by atoms with Crippen LogP contribution in [-0.4, -0.2) is 60.4 Å². The summed E-state index contributed by atoms with van der Waals surface area (Å²) >= 11 is 0. The van der Waals surface area contributed by atoms with E-state index in [4.69, 9.17) is 9.47 Å². The third-order valence-corrected chi connectivity index (χ3v) is 4.36. The molecule has 0 atom stereocenters. The van der Waals surface area contributed by atoms with E-state index < -0.39 is 4.92 Å². The molecule has 0 radical (unpaired) electrons. The predicted octanol–water partition coefficient (Wildman–Crippen LogP) is 2.86. The zero-order valence-corrected chi connectivity index (χ0v) is 17.8. The topological polar surface area (TPSA) is 116 Å². The summed E-state index contributed by atoms with van der Waals surface area (Å²) in [6, 6.07) is 1.92. The van der Waals surface area contributed by atoms with E-state index in [1.165, 1.54) is 0 Å². The highest BCUT2D eigenvalue weighted by molar-refractivity contribution is 5.76. The van der Waals surface area contributed by atoms with Crippen molar-refractivity contribution in [2.45, 2.75) is 27.7 Å². The average Bonchev–Trinajstić information content (AvgIpc) is 2.64. The van der Waals surface area contributed by atoms with Crippen LogP contribution < -0.4 is 10.2 Å². The minimum atomic E-state index is -0.462. The largest absolute Gasteiger partial charge is 0.383 e. The number of anilines is 3. The molecule has 0 saturated carbocycles. The second kappa shape index (κ2) is 10.1. The number of aryl methyl sites for hydroxylation is 4. The van der Waals surface area contributed by atoms with Crippen molar-refractivity contribution in [3.05, 3.63) is 39.0 Å². The third kappa shape index (κ3) is 5.58. The zero-order valence-electron chi connectivity index (χ0n) is 17.8. The molecule has 10 heteroatoms. The summed E-state index contributed by atoms with van der Waals surface area (Å²) in [5.41, 5.74) is 3.05. The lowest BCUT2D eigenvalue weighted by Gasteiger charge is -2.24. The SMILES string of the molecule is COCCN(CCOC)c1nc(C)nc(Nc2c(C)cc(C)nc2C)c1[N+](=O)[O-]. The van der Waals surface area contributed by atoms with Gasteiger partial charge in [-0.2, -0.15) is 0 Å². The number of methoxy groups -OCH3 is 2. The average molecular weight is 404 g/mol. The molecular weight excluding hydrogens is 376 g/mol. The summed E-state index contributed by atoms with van der Waals surface area (Å²) in [5, 5.41) is 15.1. The Morgan fingerprint density at radius 3 is 2.21 bits per heavy atom. The van der Waals surface area contributed by atoms with Gasteiger partial charge in [-0.1, -0.05) is 0 Å². The molecule has 0 amide bonds. The second-order valence-electron chi connectivity index (χ2n) is 6.69. The highest BCUT2D eigenvalue weighted by Crippen LogP contribution is 2.35. The molecule has 0 aromatic carbocycles. The Balaban J connectivity index is 2.57. The monoisotopic (exact) mass is 404 g/mol. The summed E-state index contributed by atoms with van der Waals surface area (Å²) in [5.74, 6) is 0.784. The molecule has 158 valence electrons. The maximum atomic E-state index is 12.0. The molecule has 0 aliphatic rings. The standard InChI is InChI=1S/C19H28N6O4/c1-12-11-13(2)20-14(3)16(12)23-18-17(25(26)27)19(22-15(4)21-18)24(7-9-28-5)8-10-29-6/h11H,7-10H2,1-6H3,(H,21,22,23). The summed E-state index contributed by atoms with van der Waals surface area (Å²) in [6.07, 6.45) is 0. The van der Waals surface area contributed by atoms with Crippen molar-refractivity contribution in [2.75, 3.05) is 50.7 Å². The van der Waals surface area contributed by atoms with Crippen LogP contribution in [0.25, 0.3) is 0 Å². The Kier molecular flexibility index (Phi) is 7.80. The number of rotatable bonds is 10. The maximum Gasteiger partial charge on any atom is 0.353 e. The van der Waals surface area contributed by atoms with Crippen LogP contribution in [0.2, 0.25) is 0 Å². The van der Waals surface area contributed by atoms with E-state index in [2.05, 4.69) is 20.3 Å². The summed E-state index contributed by atoms with van der Waals surface area (Å²) < 4.78 is 10.3. The number of ether oxygens (including phenoxy) is 2. The molecular formula is C19H28N6O4. The van der Waals surface area contributed by atoms with Gasteiger partial charge in [-0.25, -0.2) is 9.97 Å². The summed E-state index contributed by atoms with van der Waals surface area (Å²) in [4.78, 5) is 26.4. The van der Waals surface area contributed by atoms with Crippen molar-refractivity contribution < 1.29 is 14.4 Å². The first kappa shape index (κ1) is 22.4. The van der Waals surface area contributed by atoms with Crippen LogP contribution in [0.4, 0.5) is 23.0 Å². The van der Waals surface area contributed by atoms with Gasteiger partial charge in [0.1, 0.15) is 5.82 Å². The lowest BCUT2D eigenvalue weighted by molar-refractivity contribution is -0.383. The first-order chi connectivity index (χ1) is 13.8. The van der Waals surface area contributed by atoms with E-state index in [1.807, 2.05) is 26.8 Å². The quantitative estimate of drug-likeness (QED) is 0.471. The van der Waals surface area contributed by atoms with Crippen LogP contribution in [-0.2, 0) is 9.47 Å². The normalized spacial score (nSPS) is 10.8. The minimum absolute atomic E-state index is 0.134. The van der Waals surface area contributed by atoms with E-state index in [1.54, 1.807) is 26.0 Å². The van der Waals surface area contributed by atoms with Crippen molar-refractivity contribution in [3.8, 4) is 0 Å². The number of hydrogen-bond donors (Lipinski definition) is 1. The van der Waals surface area contributed by atoms with E-state index in [-0.39, 0.29) is 17.3 Å². The molecule has 2 aromatic rings. The fraction of sp³-hybridized carbons (Fsp3) is 0.526. The van der Waals surface area contributed by atoms with Gasteiger partial charge in [0.05, 0.1) is 29.5 Å². The Labute approximate surface area is 170 Å². The van der Waals surface area contributed by atoms with Crippen LogP contribution in [0.5, 0.6) is 0 Å². The molecule has 0 bridgehead atoms. The van der Waals surface area contributed by atoms with Crippen molar-refractivity contribution in [3.63, 3.8) is 0 Å². The molecule has 0 unspecified atom stereocenters. The van der Waals surface area contributed by atoms with Gasteiger partial charge >= 0.3 is 5.69 Å². The number of pyridine rings is 1. The van der Waals surface area contributed by atoms with Gasteiger partial charge in [0.2, 0.25) is 11.6 Å². The van der Waals surface area contributed by atoms with Gasteiger partial charge in [-0.05, 0) is 39.3 Å². The molecule has 0 saturated heterocycles. The van der Waals surface area contributed by atoms with E-state index in [0.717, 1.165) is 17.0 Å². The summed E-state index contributed by atoms with van der Waals surface area (Å²) in [6.45, 7) is 9.04. The maximum absolute atomic E-state index is 12.0. The smallest absolute Gasteiger partial charge is 0.353 e. The number of nitrogens with one attached hydrogen (secondary N) is 1. The number of nitro groups is 1. The third-order valence-electron chi connectivity index (χ3n) is 4.36. The molecule has 2 aromatic heterocycles. The van der Waals surface area contributed by atoms with Crippen molar-refractivity contribution in [2.24, 2.45) is 0 Å². The Hall–Kier alpha value is -2.85. The highest BCUT2D eigenvalue weighted by atomic mass is 16.6. The fourth-order valence-corrected chi connectivity index (χ4v) is 3.09. The molecule has 0 aliphatic heterocycles. The zero-order chi connectivity index (χ0) is 21.6. The van der Waals surface area contributed by atoms with Gasteiger partial charge in [0, 0.05) is 33.0 Å². The predicted molar refractivity (Wildman–Crippen MR) is 111 cm³/mol. The minimum Gasteiger partial charge on any atom is -0.383 e. The molecule has 2 heterocycles. The van der Waals surface area contributed by atoms with E-state index >= 15 is 0 Å². The van der Waals surface area contributed by atoms with Crippen molar-refractivity contribution >= 4 is 23.0 Å². The van der Waals surface area contributed by atoms with Gasteiger partial charge in [0.25, 0.3) is 0 Å². The van der Waals surface area contributed by atoms with E-state index in [0.29, 0.717) is 37.8 Å². The Morgan fingerprint density at radius 2 is 1.69 bits per heavy atom. The first-order valence-electron chi connectivity index (χ1n) is 9.26. The van der Waals surface area contributed by atoms with Crippen LogP contribution in [0.1, 0.15) is 22.8 Å². The van der Waals surface area contributed by atoms with Gasteiger partial charge < -0.3 is 19.7 Å².